The van der Waals surface area contributed by atoms with Gasteiger partial charge in [-0.2, -0.15) is 0 Å². The minimum Gasteiger partial charge on any atom is -0.497 e. The van der Waals surface area contributed by atoms with E-state index in [1.165, 1.54) is 12.8 Å². The second kappa shape index (κ2) is 7.76. The number of carbonyl (C=O) groups excluding carboxylic acids is 1. The predicted molar refractivity (Wildman–Crippen MR) is 81.9 cm³/mol. The molecule has 1 aromatic carbocycles. The number of nitrogens with one attached hydrogen (secondary N) is 1. The fourth-order valence-electron chi connectivity index (χ4n) is 2.43. The van der Waals surface area contributed by atoms with Crippen molar-refractivity contribution >= 4 is 6.03 Å². The highest BCUT2D eigenvalue weighted by molar-refractivity contribution is 5.74. The molecule has 21 heavy (non-hydrogen) atoms. The second-order valence-corrected chi connectivity index (χ2v) is 5.38. The van der Waals surface area contributed by atoms with Gasteiger partial charge in [-0.15, -0.1) is 0 Å². The molecule has 1 saturated carbocycles. The number of urea groups is 1. The van der Waals surface area contributed by atoms with Gasteiger partial charge in [0.2, 0.25) is 0 Å². The van der Waals surface area contributed by atoms with Gasteiger partial charge in [-0.05, 0) is 37.1 Å². The highest BCUT2D eigenvalue weighted by Gasteiger charge is 2.18. The maximum absolute atomic E-state index is 12.0. The van der Waals surface area contributed by atoms with Crippen LogP contribution in [0, 0.1) is 0 Å². The molecule has 5 nitrogen and oxygen atoms in total. The van der Waals surface area contributed by atoms with Crippen LogP contribution in [0.25, 0.3) is 0 Å². The third-order valence-corrected chi connectivity index (χ3v) is 3.78. The largest absolute Gasteiger partial charge is 0.497 e. The van der Waals surface area contributed by atoms with Crippen molar-refractivity contribution in [2.24, 2.45) is 0 Å². The van der Waals surface area contributed by atoms with E-state index in [-0.39, 0.29) is 6.03 Å². The molecule has 0 atom stereocenters. The zero-order valence-corrected chi connectivity index (χ0v) is 12.8. The van der Waals surface area contributed by atoms with Crippen LogP contribution < -0.4 is 14.8 Å². The van der Waals surface area contributed by atoms with E-state index in [1.54, 1.807) is 19.1 Å². The number of methoxy groups -OCH3 is 1. The van der Waals surface area contributed by atoms with Crippen LogP contribution in [-0.2, 0) is 0 Å². The molecule has 1 N–H and O–H groups in total. The van der Waals surface area contributed by atoms with Crippen LogP contribution in [0.5, 0.6) is 11.5 Å². The van der Waals surface area contributed by atoms with Gasteiger partial charge in [-0.25, -0.2) is 4.79 Å². The monoisotopic (exact) mass is 292 g/mol. The van der Waals surface area contributed by atoms with Crippen molar-refractivity contribution in [2.75, 3.05) is 27.3 Å². The summed E-state index contributed by atoms with van der Waals surface area (Å²) in [5.41, 5.74) is 0. The van der Waals surface area contributed by atoms with Crippen molar-refractivity contribution in [3.8, 4) is 11.5 Å². The van der Waals surface area contributed by atoms with Gasteiger partial charge in [0.15, 0.2) is 0 Å². The van der Waals surface area contributed by atoms with Crippen molar-refractivity contribution in [3.05, 3.63) is 24.3 Å². The second-order valence-electron chi connectivity index (χ2n) is 5.38. The molecular formula is C16H24N2O3. The van der Waals surface area contributed by atoms with Gasteiger partial charge in [-0.3, -0.25) is 0 Å². The Morgan fingerprint density at radius 3 is 2.48 bits per heavy atom. The molecule has 0 radical (unpaired) electrons. The number of ether oxygens (including phenoxy) is 2. The summed E-state index contributed by atoms with van der Waals surface area (Å²) in [6.07, 6.45) is 4.63. The maximum Gasteiger partial charge on any atom is 0.317 e. The van der Waals surface area contributed by atoms with Crippen molar-refractivity contribution in [2.45, 2.75) is 31.7 Å². The lowest BCUT2D eigenvalue weighted by atomic mass is 10.2. The molecule has 0 bridgehead atoms. The smallest absolute Gasteiger partial charge is 0.317 e. The molecule has 116 valence electrons. The van der Waals surface area contributed by atoms with E-state index in [0.717, 1.165) is 24.3 Å². The van der Waals surface area contributed by atoms with Crippen LogP contribution >= 0.6 is 0 Å². The Labute approximate surface area is 126 Å². The summed E-state index contributed by atoms with van der Waals surface area (Å²) in [5.74, 6) is 1.58. The van der Waals surface area contributed by atoms with Crippen LogP contribution in [0.3, 0.4) is 0 Å². The number of amides is 2. The quantitative estimate of drug-likeness (QED) is 0.877. The van der Waals surface area contributed by atoms with Gasteiger partial charge in [-0.1, -0.05) is 12.8 Å². The lowest BCUT2D eigenvalue weighted by Gasteiger charge is -2.21. The lowest BCUT2D eigenvalue weighted by molar-refractivity contribution is 0.192. The standard InChI is InChI=1S/C16H24N2O3/c1-18(16(19)17-13-5-3-4-6-13)11-12-21-15-9-7-14(20-2)8-10-15/h7-10,13H,3-6,11-12H2,1-2H3,(H,17,19). The normalized spacial score (nSPS) is 14.8. The molecule has 1 aromatic rings. The first-order chi connectivity index (χ1) is 10.2. The molecule has 5 heteroatoms. The molecule has 1 fully saturated rings. The Balaban J connectivity index is 1.67. The molecule has 1 aliphatic rings. The molecule has 2 amide bonds. The number of hydrogen-bond acceptors (Lipinski definition) is 3. The molecule has 0 aromatic heterocycles. The zero-order chi connectivity index (χ0) is 15.1. The van der Waals surface area contributed by atoms with Gasteiger partial charge in [0.25, 0.3) is 0 Å². The first kappa shape index (κ1) is 15.5. The van der Waals surface area contributed by atoms with Gasteiger partial charge in [0.1, 0.15) is 18.1 Å². The summed E-state index contributed by atoms with van der Waals surface area (Å²) in [5, 5.41) is 3.06. The van der Waals surface area contributed by atoms with Gasteiger partial charge < -0.3 is 19.7 Å². The number of carbonyl (C=O) groups is 1. The van der Waals surface area contributed by atoms with Crippen molar-refractivity contribution in [1.82, 2.24) is 10.2 Å². The fourth-order valence-corrected chi connectivity index (χ4v) is 2.43. The third kappa shape index (κ3) is 4.85. The summed E-state index contributed by atoms with van der Waals surface area (Å²) >= 11 is 0. The van der Waals surface area contributed by atoms with Crippen molar-refractivity contribution < 1.29 is 14.3 Å². The van der Waals surface area contributed by atoms with E-state index in [0.29, 0.717) is 19.2 Å². The van der Waals surface area contributed by atoms with Crippen LogP contribution in [0.1, 0.15) is 25.7 Å². The molecule has 1 aliphatic carbocycles. The van der Waals surface area contributed by atoms with E-state index < -0.39 is 0 Å². The first-order valence-corrected chi connectivity index (χ1v) is 7.47. The van der Waals surface area contributed by atoms with Gasteiger partial charge in [0, 0.05) is 13.1 Å². The molecular weight excluding hydrogens is 268 g/mol. The molecule has 0 heterocycles. The molecule has 2 rings (SSSR count). The van der Waals surface area contributed by atoms with Crippen LogP contribution in [0.15, 0.2) is 24.3 Å². The molecule has 0 aliphatic heterocycles. The van der Waals surface area contributed by atoms with E-state index >= 15 is 0 Å². The Hall–Kier alpha value is -1.91. The predicted octanol–water partition coefficient (Wildman–Crippen LogP) is 2.66. The summed E-state index contributed by atoms with van der Waals surface area (Å²) in [7, 11) is 3.43. The Bertz CT molecular complexity index is 441. The topological polar surface area (TPSA) is 50.8 Å². The highest BCUT2D eigenvalue weighted by atomic mass is 16.5. The third-order valence-electron chi connectivity index (χ3n) is 3.78. The molecule has 0 saturated heterocycles. The first-order valence-electron chi connectivity index (χ1n) is 7.47. The van der Waals surface area contributed by atoms with Crippen LogP contribution in [-0.4, -0.2) is 44.3 Å². The van der Waals surface area contributed by atoms with Crippen molar-refractivity contribution in [1.29, 1.82) is 0 Å². The summed E-state index contributed by atoms with van der Waals surface area (Å²) in [6.45, 7) is 1.03. The Kier molecular flexibility index (Phi) is 5.72. The Morgan fingerprint density at radius 2 is 1.86 bits per heavy atom. The minimum atomic E-state index is -0.0137. The van der Waals surface area contributed by atoms with E-state index in [1.807, 2.05) is 24.3 Å². The molecule has 0 spiro atoms. The highest BCUT2D eigenvalue weighted by Crippen LogP contribution is 2.18. The maximum atomic E-state index is 12.0. The SMILES string of the molecule is COc1ccc(OCCN(C)C(=O)NC2CCCC2)cc1. The number of rotatable bonds is 6. The van der Waals surface area contributed by atoms with Crippen LogP contribution in [0.2, 0.25) is 0 Å². The minimum absolute atomic E-state index is 0.0137. The van der Waals surface area contributed by atoms with Gasteiger partial charge >= 0.3 is 6.03 Å². The van der Waals surface area contributed by atoms with Crippen LogP contribution in [0.4, 0.5) is 4.79 Å². The zero-order valence-electron chi connectivity index (χ0n) is 12.8. The number of likely N-dealkylation sites (N-methyl/N-ethyl adjacent to an activating group) is 1. The average Bonchev–Trinajstić information content (AvgIpc) is 3.00. The molecule has 0 unspecified atom stereocenters. The lowest BCUT2D eigenvalue weighted by Crippen LogP contribution is -2.43. The van der Waals surface area contributed by atoms with E-state index in [2.05, 4.69) is 5.32 Å². The summed E-state index contributed by atoms with van der Waals surface area (Å²) in [6, 6.07) is 7.76. The van der Waals surface area contributed by atoms with E-state index in [9.17, 15) is 4.79 Å². The van der Waals surface area contributed by atoms with Crippen molar-refractivity contribution in [3.63, 3.8) is 0 Å². The van der Waals surface area contributed by atoms with Gasteiger partial charge in [0.05, 0.1) is 13.7 Å². The number of hydrogen-bond donors (Lipinski definition) is 1. The summed E-state index contributed by atoms with van der Waals surface area (Å²) in [4.78, 5) is 13.6. The fraction of sp³-hybridized carbons (Fsp3) is 0.562. The number of nitrogens with zero attached hydrogens (tertiary/aromatic N) is 1. The van der Waals surface area contributed by atoms with E-state index in [4.69, 9.17) is 9.47 Å². The summed E-state index contributed by atoms with van der Waals surface area (Å²) < 4.78 is 10.7. The average molecular weight is 292 g/mol. The number of benzene rings is 1. The Morgan fingerprint density at radius 1 is 1.24 bits per heavy atom.